The molecule has 9 nitrogen and oxygen atoms in total. The fourth-order valence-corrected chi connectivity index (χ4v) is 3.30. The quantitative estimate of drug-likeness (QED) is 0.438. The predicted octanol–water partition coefficient (Wildman–Crippen LogP) is 2.53. The highest BCUT2D eigenvalue weighted by Crippen LogP contribution is 2.29. The smallest absolute Gasteiger partial charge is 0.254 e. The van der Waals surface area contributed by atoms with Gasteiger partial charge in [-0.25, -0.2) is 4.98 Å². The molecule has 2 amide bonds. The van der Waals surface area contributed by atoms with Gasteiger partial charge in [0, 0.05) is 29.4 Å². The summed E-state index contributed by atoms with van der Waals surface area (Å²) < 4.78 is 1.70. The Morgan fingerprint density at radius 1 is 1.21 bits per heavy atom. The zero-order valence-electron chi connectivity index (χ0n) is 15.1. The molecular weight excluding hydrogens is 394 g/mol. The first-order chi connectivity index (χ1) is 14.0. The number of hydrogen-bond donors (Lipinski definition) is 3. The highest BCUT2D eigenvalue weighted by Gasteiger charge is 2.25. The third kappa shape index (κ3) is 3.64. The number of carbonyl (C=O) groups is 2. The number of anilines is 3. The first-order valence-electron chi connectivity index (χ1n) is 9.13. The van der Waals surface area contributed by atoms with Crippen LogP contribution in [-0.2, 0) is 9.59 Å². The summed E-state index contributed by atoms with van der Waals surface area (Å²) in [6.45, 7) is 0. The molecule has 4 heterocycles. The van der Waals surface area contributed by atoms with Crippen molar-refractivity contribution in [2.45, 2.75) is 25.3 Å². The highest BCUT2D eigenvalue weighted by atomic mass is 35.5. The molecule has 5 rings (SSSR count). The molecule has 1 aliphatic heterocycles. The van der Waals surface area contributed by atoms with Crippen LogP contribution in [0.25, 0.3) is 11.7 Å². The van der Waals surface area contributed by atoms with Gasteiger partial charge in [0.15, 0.2) is 5.65 Å². The van der Waals surface area contributed by atoms with Crippen molar-refractivity contribution in [3.8, 4) is 0 Å². The monoisotopic (exact) mass is 409 g/mol. The lowest BCUT2D eigenvalue weighted by molar-refractivity contribution is -0.124. The summed E-state index contributed by atoms with van der Waals surface area (Å²) in [4.78, 5) is 32.1. The van der Waals surface area contributed by atoms with Gasteiger partial charge in [0.2, 0.25) is 5.91 Å². The first-order valence-corrected chi connectivity index (χ1v) is 9.50. The maximum Gasteiger partial charge on any atom is 0.254 e. The fourth-order valence-electron chi connectivity index (χ4n) is 3.12. The molecule has 3 aromatic rings. The summed E-state index contributed by atoms with van der Waals surface area (Å²) in [6, 6.07) is 4.02. The van der Waals surface area contributed by atoms with Crippen LogP contribution in [0.2, 0.25) is 5.02 Å². The van der Waals surface area contributed by atoms with Crippen LogP contribution in [0, 0.1) is 0 Å². The number of fused-ring (bicyclic) bond motifs is 1. The maximum absolute atomic E-state index is 11.9. The van der Waals surface area contributed by atoms with Gasteiger partial charge < -0.3 is 10.6 Å². The molecule has 0 bridgehead atoms. The van der Waals surface area contributed by atoms with Crippen LogP contribution in [0.4, 0.5) is 17.3 Å². The third-order valence-corrected chi connectivity index (χ3v) is 4.84. The number of pyridine rings is 1. The number of imide groups is 1. The van der Waals surface area contributed by atoms with Gasteiger partial charge in [-0.05, 0) is 25.0 Å². The predicted molar refractivity (Wildman–Crippen MR) is 108 cm³/mol. The van der Waals surface area contributed by atoms with Crippen molar-refractivity contribution >= 4 is 52.5 Å². The van der Waals surface area contributed by atoms with E-state index in [1.165, 1.54) is 0 Å². The van der Waals surface area contributed by atoms with E-state index in [0.717, 1.165) is 18.7 Å². The Labute approximate surface area is 170 Å². The molecule has 0 aromatic carbocycles. The van der Waals surface area contributed by atoms with Crippen molar-refractivity contribution in [3.05, 3.63) is 46.9 Å². The Kier molecular flexibility index (Phi) is 4.17. The van der Waals surface area contributed by atoms with Gasteiger partial charge in [-0.2, -0.15) is 9.61 Å². The van der Waals surface area contributed by atoms with E-state index < -0.39 is 0 Å². The van der Waals surface area contributed by atoms with Crippen molar-refractivity contribution in [2.24, 2.45) is 0 Å². The number of rotatable bonds is 5. The number of nitrogens with zero attached hydrogens (tertiary/aromatic N) is 4. The molecule has 0 radical (unpaired) electrons. The van der Waals surface area contributed by atoms with Gasteiger partial charge in [0.25, 0.3) is 5.91 Å². The minimum atomic E-state index is -0.384. The zero-order chi connectivity index (χ0) is 20.0. The Balaban J connectivity index is 1.57. The van der Waals surface area contributed by atoms with Gasteiger partial charge in [0.05, 0.1) is 29.5 Å². The van der Waals surface area contributed by atoms with Crippen LogP contribution >= 0.6 is 11.6 Å². The molecule has 3 N–H and O–H groups in total. The molecule has 1 saturated heterocycles. The number of amides is 2. The van der Waals surface area contributed by atoms with Crippen molar-refractivity contribution < 1.29 is 9.59 Å². The Morgan fingerprint density at radius 3 is 2.79 bits per heavy atom. The summed E-state index contributed by atoms with van der Waals surface area (Å²) in [6.07, 6.45) is 8.75. The van der Waals surface area contributed by atoms with E-state index in [-0.39, 0.29) is 18.2 Å². The molecule has 29 heavy (non-hydrogen) atoms. The number of hydrogen-bond acceptors (Lipinski definition) is 7. The molecule has 0 spiro atoms. The van der Waals surface area contributed by atoms with Crippen LogP contribution in [-0.4, -0.2) is 37.4 Å². The van der Waals surface area contributed by atoms with E-state index in [2.05, 4.69) is 31.0 Å². The van der Waals surface area contributed by atoms with E-state index in [9.17, 15) is 9.59 Å². The van der Waals surface area contributed by atoms with E-state index in [1.54, 1.807) is 35.2 Å². The van der Waals surface area contributed by atoms with Crippen molar-refractivity contribution in [1.82, 2.24) is 24.9 Å². The number of aromatic nitrogens is 4. The van der Waals surface area contributed by atoms with Crippen LogP contribution in [0.5, 0.6) is 0 Å². The molecular formula is C19H16ClN7O2. The normalized spacial score (nSPS) is 17.8. The van der Waals surface area contributed by atoms with Crippen LogP contribution in [0.15, 0.2) is 36.3 Å². The summed E-state index contributed by atoms with van der Waals surface area (Å²) in [5.41, 5.74) is 2.30. The third-order valence-electron chi connectivity index (χ3n) is 4.63. The first kappa shape index (κ1) is 17.6. The molecule has 2 aliphatic rings. The molecule has 1 saturated carbocycles. The second-order valence-corrected chi connectivity index (χ2v) is 7.46. The van der Waals surface area contributed by atoms with E-state index in [4.69, 9.17) is 11.6 Å². The largest absolute Gasteiger partial charge is 0.367 e. The minimum Gasteiger partial charge on any atom is -0.367 e. The van der Waals surface area contributed by atoms with Gasteiger partial charge in [-0.1, -0.05) is 11.6 Å². The number of nitrogens with one attached hydrogen (secondary N) is 3. The molecule has 10 heteroatoms. The highest BCUT2D eigenvalue weighted by molar-refractivity contribution is 6.30. The molecule has 146 valence electrons. The molecule has 0 unspecified atom stereocenters. The second kappa shape index (κ2) is 6.85. The van der Waals surface area contributed by atoms with Crippen LogP contribution in [0.1, 0.15) is 24.8 Å². The fraction of sp³-hybridized carbons (Fsp3) is 0.211. The topological polar surface area (TPSA) is 113 Å². The van der Waals surface area contributed by atoms with Gasteiger partial charge in [-0.3, -0.25) is 19.9 Å². The zero-order valence-corrected chi connectivity index (χ0v) is 15.9. The summed E-state index contributed by atoms with van der Waals surface area (Å²) in [7, 11) is 0. The van der Waals surface area contributed by atoms with E-state index in [1.807, 2.05) is 6.07 Å². The lowest BCUT2D eigenvalue weighted by Crippen LogP contribution is -2.19. The molecule has 0 atom stereocenters. The minimum absolute atomic E-state index is 0.0511. The Bertz CT molecular complexity index is 1180. The van der Waals surface area contributed by atoms with Crippen molar-refractivity contribution in [3.63, 3.8) is 0 Å². The number of carbonyl (C=O) groups excluding carboxylic acids is 2. The second-order valence-electron chi connectivity index (χ2n) is 7.02. The van der Waals surface area contributed by atoms with E-state index >= 15 is 0 Å². The average molecular weight is 410 g/mol. The summed E-state index contributed by atoms with van der Waals surface area (Å²) >= 11 is 6.02. The summed E-state index contributed by atoms with van der Waals surface area (Å²) in [5, 5.41) is 13.9. The standard InChI is InChI=1S/C19H16ClN7O2/c20-12-5-14(9-21-8-12)23-15-6-16(24-13-1-2-13)27-18(25-15)11(7-22-27)3-10-4-17(28)26-19(10)29/h3,5-9,13,24H,1-2,4H2,(H,23,25)(H,26,28,29)/b10-3+. The van der Waals surface area contributed by atoms with Crippen molar-refractivity contribution in [1.29, 1.82) is 0 Å². The van der Waals surface area contributed by atoms with Crippen LogP contribution < -0.4 is 16.0 Å². The van der Waals surface area contributed by atoms with Gasteiger partial charge in [-0.15, -0.1) is 0 Å². The summed E-state index contributed by atoms with van der Waals surface area (Å²) in [5.74, 6) is 0.672. The SMILES string of the molecule is O=C1C/C(=C\c2cnn3c(NC4CC4)cc(Nc4cncc(Cl)c4)nc23)C(=O)N1. The van der Waals surface area contributed by atoms with Crippen molar-refractivity contribution in [2.75, 3.05) is 10.6 Å². The Morgan fingerprint density at radius 2 is 2.07 bits per heavy atom. The average Bonchev–Trinajstić information content (AvgIpc) is 3.31. The van der Waals surface area contributed by atoms with Gasteiger partial charge >= 0.3 is 0 Å². The van der Waals surface area contributed by atoms with Gasteiger partial charge in [0.1, 0.15) is 11.6 Å². The molecule has 2 fully saturated rings. The Hall–Kier alpha value is -3.46. The number of halogens is 1. The van der Waals surface area contributed by atoms with E-state index in [0.29, 0.717) is 39.4 Å². The lowest BCUT2D eigenvalue weighted by Gasteiger charge is -2.11. The van der Waals surface area contributed by atoms with Crippen LogP contribution in [0.3, 0.4) is 0 Å². The lowest BCUT2D eigenvalue weighted by atomic mass is 10.1. The maximum atomic E-state index is 11.9. The molecule has 1 aliphatic carbocycles. The molecule has 3 aromatic heterocycles.